The van der Waals surface area contributed by atoms with E-state index in [1.54, 1.807) is 12.1 Å². The summed E-state index contributed by atoms with van der Waals surface area (Å²) in [6, 6.07) is 5.96. The molecular formula is C31H46ClNO6S. The lowest BCUT2D eigenvalue weighted by Crippen LogP contribution is -2.62. The van der Waals surface area contributed by atoms with E-state index >= 15 is 0 Å². The van der Waals surface area contributed by atoms with Crippen LogP contribution in [0.25, 0.3) is 0 Å². The van der Waals surface area contributed by atoms with Crippen LogP contribution in [0, 0.1) is 46.3 Å². The van der Waals surface area contributed by atoms with Crippen molar-refractivity contribution in [3.8, 4) is 0 Å². The molecule has 3 N–H and O–H groups in total. The lowest BCUT2D eigenvalue weighted by Gasteiger charge is -2.64. The number of amides is 1. The van der Waals surface area contributed by atoms with Crippen LogP contribution in [0.2, 0.25) is 5.02 Å². The summed E-state index contributed by atoms with van der Waals surface area (Å²) in [6.07, 6.45) is 8.26. The zero-order valence-electron chi connectivity index (χ0n) is 24.0. The molecule has 4 aliphatic rings. The molecule has 4 aliphatic carbocycles. The second kappa shape index (κ2) is 11.4. The summed E-state index contributed by atoms with van der Waals surface area (Å²) in [5.74, 6) is 2.42. The van der Waals surface area contributed by atoms with Crippen LogP contribution in [-0.4, -0.2) is 43.5 Å². The number of aliphatic hydroxyl groups excluding tert-OH is 2. The molecule has 0 spiro atoms. The number of sulfonamides is 1. The first kappa shape index (κ1) is 30.1. The molecular weight excluding hydrogens is 550 g/mol. The Labute approximate surface area is 244 Å². The van der Waals surface area contributed by atoms with Crippen LogP contribution in [0.15, 0.2) is 29.2 Å². The first-order valence-electron chi connectivity index (χ1n) is 15.2. The number of aliphatic hydroxyl groups is 2. The summed E-state index contributed by atoms with van der Waals surface area (Å²) in [4.78, 5) is 12.1. The van der Waals surface area contributed by atoms with Crippen LogP contribution in [-0.2, 0) is 14.8 Å². The molecule has 1 aromatic carbocycles. The van der Waals surface area contributed by atoms with E-state index in [0.29, 0.717) is 36.0 Å². The van der Waals surface area contributed by atoms with E-state index in [4.69, 9.17) is 16.3 Å². The summed E-state index contributed by atoms with van der Waals surface area (Å²) in [7, 11) is -4.10. The maximum atomic E-state index is 12.5. The highest BCUT2D eigenvalue weighted by molar-refractivity contribution is 7.90. The van der Waals surface area contributed by atoms with Gasteiger partial charge in [0.1, 0.15) is 4.90 Å². The fourth-order valence-electron chi connectivity index (χ4n) is 9.89. The Bertz CT molecular complexity index is 1190. The van der Waals surface area contributed by atoms with Gasteiger partial charge in [-0.15, -0.1) is 0 Å². The van der Waals surface area contributed by atoms with Crippen LogP contribution >= 0.6 is 11.6 Å². The topological polar surface area (TPSA) is 113 Å². The van der Waals surface area contributed by atoms with E-state index in [2.05, 4.69) is 20.8 Å². The van der Waals surface area contributed by atoms with Gasteiger partial charge >= 0.3 is 6.09 Å². The molecule has 7 nitrogen and oxygen atoms in total. The zero-order valence-corrected chi connectivity index (χ0v) is 25.6. The van der Waals surface area contributed by atoms with E-state index in [-0.39, 0.29) is 45.5 Å². The smallest absolute Gasteiger partial charge is 0.421 e. The van der Waals surface area contributed by atoms with E-state index in [9.17, 15) is 23.4 Å². The van der Waals surface area contributed by atoms with Gasteiger partial charge in [0.05, 0.1) is 23.8 Å². The van der Waals surface area contributed by atoms with Gasteiger partial charge in [-0.3, -0.25) is 0 Å². The average Bonchev–Trinajstić information content (AvgIpc) is 3.24. The predicted molar refractivity (Wildman–Crippen MR) is 154 cm³/mol. The Morgan fingerprint density at radius 2 is 1.75 bits per heavy atom. The maximum Gasteiger partial charge on any atom is 0.421 e. The molecule has 0 heterocycles. The molecule has 0 aromatic heterocycles. The molecule has 5 rings (SSSR count). The van der Waals surface area contributed by atoms with Crippen molar-refractivity contribution in [2.45, 2.75) is 102 Å². The number of hydrogen-bond acceptors (Lipinski definition) is 6. The fourth-order valence-corrected chi connectivity index (χ4v) is 11.3. The van der Waals surface area contributed by atoms with Crippen molar-refractivity contribution in [1.29, 1.82) is 0 Å². The van der Waals surface area contributed by atoms with Crippen LogP contribution < -0.4 is 4.72 Å². The lowest BCUT2D eigenvalue weighted by molar-refractivity contribution is -0.202. The van der Waals surface area contributed by atoms with Crippen molar-refractivity contribution in [3.05, 3.63) is 29.3 Å². The summed E-state index contributed by atoms with van der Waals surface area (Å²) in [5.41, 5.74) is 0.336. The standard InChI is InChI=1S/C31H46ClNO6S/c1-4-21-24-18-20(34)13-15-31(24,3)23-14-16-30(2)19(11-12-22(30)27(23)28(21)35)8-7-17-39-29(36)33-40(37,38)26-10-6-5-9-25(26)32/h5-6,9-10,19-24,27-28,34-35H,4,7-8,11-18H2,1-3H3,(H,33,36)/t19-,20+,21+,22-,23-,24-,27-,28+,30+,31+/m0/s1. The summed E-state index contributed by atoms with van der Waals surface area (Å²) in [6.45, 7) is 7.22. The highest BCUT2D eigenvalue weighted by Gasteiger charge is 2.64. The molecule has 0 aliphatic heterocycles. The molecule has 0 radical (unpaired) electrons. The molecule has 0 saturated heterocycles. The number of carbonyl (C=O) groups excluding carboxylic acids is 1. The second-order valence-corrected chi connectivity index (χ2v) is 15.6. The number of ether oxygens (including phenoxy) is 1. The SMILES string of the molecule is CC[C@H]1[C@@H](O)[C@@H]2[C@H](CC[C@]3(C)[C@@H](CCCOC(=O)NS(=O)(=O)c4ccccc4Cl)CC[C@@H]23)[C@@]2(C)CC[C@@H](O)C[C@@H]12. The van der Waals surface area contributed by atoms with Crippen LogP contribution in [0.1, 0.15) is 85.0 Å². The Kier molecular flexibility index (Phi) is 8.57. The average molecular weight is 596 g/mol. The number of hydrogen-bond donors (Lipinski definition) is 3. The van der Waals surface area contributed by atoms with Crippen LogP contribution in [0.3, 0.4) is 0 Å². The third-order valence-corrected chi connectivity index (χ3v) is 13.7. The van der Waals surface area contributed by atoms with Gasteiger partial charge in [-0.1, -0.05) is 50.9 Å². The molecule has 4 saturated carbocycles. The van der Waals surface area contributed by atoms with Crippen molar-refractivity contribution in [1.82, 2.24) is 4.72 Å². The lowest BCUT2D eigenvalue weighted by atomic mass is 9.41. The molecule has 4 fully saturated rings. The second-order valence-electron chi connectivity index (χ2n) is 13.5. The van der Waals surface area contributed by atoms with Gasteiger partial charge in [0.2, 0.25) is 0 Å². The molecule has 9 heteroatoms. The highest BCUT2D eigenvalue weighted by atomic mass is 35.5. The first-order valence-corrected chi connectivity index (χ1v) is 17.1. The Hall–Kier alpha value is -1.35. The number of rotatable bonds is 7. The van der Waals surface area contributed by atoms with Crippen molar-refractivity contribution >= 4 is 27.7 Å². The van der Waals surface area contributed by atoms with Crippen LogP contribution in [0.4, 0.5) is 4.79 Å². The monoisotopic (exact) mass is 595 g/mol. The summed E-state index contributed by atoms with van der Waals surface area (Å²) >= 11 is 5.98. The van der Waals surface area contributed by atoms with Crippen molar-refractivity contribution in [2.75, 3.05) is 6.61 Å². The van der Waals surface area contributed by atoms with E-state index in [0.717, 1.165) is 57.8 Å². The number of fused-ring (bicyclic) bond motifs is 5. The van der Waals surface area contributed by atoms with Gasteiger partial charge in [-0.25, -0.2) is 17.9 Å². The van der Waals surface area contributed by atoms with Gasteiger partial charge in [0.15, 0.2) is 0 Å². The minimum Gasteiger partial charge on any atom is -0.449 e. The van der Waals surface area contributed by atoms with E-state index in [1.165, 1.54) is 12.1 Å². The summed E-state index contributed by atoms with van der Waals surface area (Å²) < 4.78 is 32.2. The minimum atomic E-state index is -4.10. The zero-order chi connectivity index (χ0) is 28.9. The van der Waals surface area contributed by atoms with Gasteiger partial charge in [0.25, 0.3) is 10.0 Å². The summed E-state index contributed by atoms with van der Waals surface area (Å²) in [5, 5.41) is 22.3. The van der Waals surface area contributed by atoms with E-state index in [1.807, 2.05) is 4.72 Å². The maximum absolute atomic E-state index is 12.5. The minimum absolute atomic E-state index is 0.0421. The van der Waals surface area contributed by atoms with Crippen molar-refractivity contribution < 1.29 is 28.2 Å². The largest absolute Gasteiger partial charge is 0.449 e. The fraction of sp³-hybridized carbons (Fsp3) is 0.774. The molecule has 10 atom stereocenters. The number of carbonyl (C=O) groups is 1. The molecule has 1 amide bonds. The number of nitrogens with one attached hydrogen (secondary N) is 1. The number of halogens is 1. The van der Waals surface area contributed by atoms with Crippen molar-refractivity contribution in [3.63, 3.8) is 0 Å². The molecule has 1 aromatic rings. The Balaban J connectivity index is 1.19. The van der Waals surface area contributed by atoms with Gasteiger partial charge in [-0.2, -0.15) is 0 Å². The molecule has 0 bridgehead atoms. The normalized spacial score (nSPS) is 41.0. The van der Waals surface area contributed by atoms with Crippen LogP contribution in [0.5, 0.6) is 0 Å². The Morgan fingerprint density at radius 1 is 1.05 bits per heavy atom. The number of benzene rings is 1. The Morgan fingerprint density at radius 3 is 2.48 bits per heavy atom. The molecule has 40 heavy (non-hydrogen) atoms. The van der Waals surface area contributed by atoms with Gasteiger partial charge < -0.3 is 14.9 Å². The quantitative estimate of drug-likeness (QED) is 0.325. The van der Waals surface area contributed by atoms with Gasteiger partial charge in [0, 0.05) is 0 Å². The molecule has 0 unspecified atom stereocenters. The molecule has 224 valence electrons. The third-order valence-electron chi connectivity index (χ3n) is 11.9. The van der Waals surface area contributed by atoms with E-state index < -0.39 is 16.1 Å². The van der Waals surface area contributed by atoms with Gasteiger partial charge in [-0.05, 0) is 116 Å². The van der Waals surface area contributed by atoms with Crippen molar-refractivity contribution in [2.24, 2.45) is 46.3 Å². The highest BCUT2D eigenvalue weighted by Crippen LogP contribution is 2.69. The first-order chi connectivity index (χ1) is 18.9. The predicted octanol–water partition coefficient (Wildman–Crippen LogP) is 6.16. The third kappa shape index (κ3) is 5.20.